The Labute approximate surface area is 123 Å². The molecule has 0 saturated carbocycles. The van der Waals surface area contributed by atoms with Gasteiger partial charge in [-0.2, -0.15) is 0 Å². The lowest BCUT2D eigenvalue weighted by Gasteiger charge is -2.32. The van der Waals surface area contributed by atoms with Crippen molar-refractivity contribution in [1.82, 2.24) is 5.32 Å². The van der Waals surface area contributed by atoms with Crippen LogP contribution in [0.4, 0.5) is 10.7 Å². The summed E-state index contributed by atoms with van der Waals surface area (Å²) < 4.78 is 0. The number of hydrogen-bond donors (Lipinski definition) is 2. The first-order valence-corrected chi connectivity index (χ1v) is 7.67. The standard InChI is InChI=1S/C14H21N3O2S/c1-8-5-4-6-17(7-8)14-10(13(19)16-3)11(15)12(20-14)9(2)18/h8H,4-7,15H2,1-3H3,(H,16,19). The first-order valence-electron chi connectivity index (χ1n) is 6.86. The maximum atomic E-state index is 12.1. The number of nitrogens with zero attached hydrogens (tertiary/aromatic N) is 1. The average molecular weight is 295 g/mol. The molecule has 1 aromatic heterocycles. The van der Waals surface area contributed by atoms with Crippen LogP contribution in [0.2, 0.25) is 0 Å². The minimum atomic E-state index is -0.223. The number of thiophene rings is 1. The molecule has 1 fully saturated rings. The van der Waals surface area contributed by atoms with Gasteiger partial charge >= 0.3 is 0 Å². The highest BCUT2D eigenvalue weighted by Crippen LogP contribution is 2.40. The van der Waals surface area contributed by atoms with Crippen molar-refractivity contribution in [1.29, 1.82) is 0 Å². The highest BCUT2D eigenvalue weighted by Gasteiger charge is 2.28. The zero-order valence-electron chi connectivity index (χ0n) is 12.2. The molecule has 2 heterocycles. The number of Topliss-reactive ketones (excluding diaryl/α,β-unsaturated/α-hetero) is 1. The van der Waals surface area contributed by atoms with Crippen LogP contribution in [0.5, 0.6) is 0 Å². The van der Waals surface area contributed by atoms with E-state index in [0.717, 1.165) is 24.5 Å². The number of carbonyl (C=O) groups is 2. The Morgan fingerprint density at radius 2 is 2.15 bits per heavy atom. The first kappa shape index (κ1) is 14.8. The molecule has 1 aliphatic rings. The molecule has 1 unspecified atom stereocenters. The number of nitrogens with one attached hydrogen (secondary N) is 1. The summed E-state index contributed by atoms with van der Waals surface area (Å²) in [6.45, 7) is 5.50. The lowest BCUT2D eigenvalue weighted by Crippen LogP contribution is -2.35. The normalized spacial score (nSPS) is 18.9. The summed E-state index contributed by atoms with van der Waals surface area (Å²) in [5, 5.41) is 3.45. The first-order chi connectivity index (χ1) is 9.45. The molecule has 0 bridgehead atoms. The van der Waals surface area contributed by atoms with Gasteiger partial charge in [-0.25, -0.2) is 0 Å². The van der Waals surface area contributed by atoms with Crippen molar-refractivity contribution in [2.24, 2.45) is 5.92 Å². The van der Waals surface area contributed by atoms with Gasteiger partial charge in [0.25, 0.3) is 5.91 Å². The molecule has 3 N–H and O–H groups in total. The zero-order valence-corrected chi connectivity index (χ0v) is 13.0. The van der Waals surface area contributed by atoms with E-state index in [0.29, 0.717) is 22.0 Å². The number of piperidine rings is 1. The second-order valence-corrected chi connectivity index (χ2v) is 6.35. The molecule has 110 valence electrons. The lowest BCUT2D eigenvalue weighted by molar-refractivity contribution is 0.0964. The number of nitrogen functional groups attached to an aromatic ring is 1. The monoisotopic (exact) mass is 295 g/mol. The summed E-state index contributed by atoms with van der Waals surface area (Å²) in [5.41, 5.74) is 6.80. The van der Waals surface area contributed by atoms with Crippen LogP contribution in [0, 0.1) is 5.92 Å². The maximum absolute atomic E-state index is 12.1. The van der Waals surface area contributed by atoms with Gasteiger partial charge in [0.05, 0.1) is 16.1 Å². The minimum Gasteiger partial charge on any atom is -0.397 e. The Bertz CT molecular complexity index is 539. The smallest absolute Gasteiger partial charge is 0.256 e. The summed E-state index contributed by atoms with van der Waals surface area (Å²) in [6, 6.07) is 0. The van der Waals surface area contributed by atoms with Gasteiger partial charge in [-0.05, 0) is 18.8 Å². The molecule has 0 aromatic carbocycles. The molecule has 1 aromatic rings. The SMILES string of the molecule is CNC(=O)c1c(N2CCCC(C)C2)sc(C(C)=O)c1N. The zero-order chi connectivity index (χ0) is 14.9. The molecule has 6 heteroatoms. The molecule has 1 amide bonds. The van der Waals surface area contributed by atoms with Crippen LogP contribution < -0.4 is 16.0 Å². The van der Waals surface area contributed by atoms with E-state index in [1.54, 1.807) is 7.05 Å². The van der Waals surface area contributed by atoms with E-state index in [-0.39, 0.29) is 11.7 Å². The van der Waals surface area contributed by atoms with Gasteiger partial charge in [-0.3, -0.25) is 9.59 Å². The quantitative estimate of drug-likeness (QED) is 0.838. The van der Waals surface area contributed by atoms with Gasteiger partial charge < -0.3 is 16.0 Å². The molecule has 1 saturated heterocycles. The van der Waals surface area contributed by atoms with Gasteiger partial charge in [0.15, 0.2) is 5.78 Å². The van der Waals surface area contributed by atoms with Gasteiger partial charge in [0.2, 0.25) is 0 Å². The fourth-order valence-electron chi connectivity index (χ4n) is 2.63. The van der Waals surface area contributed by atoms with Gasteiger partial charge in [-0.1, -0.05) is 6.92 Å². The molecule has 0 radical (unpaired) electrons. The number of rotatable bonds is 3. The highest BCUT2D eigenvalue weighted by molar-refractivity contribution is 7.19. The fraction of sp³-hybridized carbons (Fsp3) is 0.571. The summed E-state index contributed by atoms with van der Waals surface area (Å²) >= 11 is 1.34. The highest BCUT2D eigenvalue weighted by atomic mass is 32.1. The van der Waals surface area contributed by atoms with E-state index in [1.807, 2.05) is 0 Å². The summed E-state index contributed by atoms with van der Waals surface area (Å²) in [4.78, 5) is 26.4. The Hall–Kier alpha value is -1.56. The van der Waals surface area contributed by atoms with Crippen molar-refractivity contribution in [3.05, 3.63) is 10.4 Å². The molecule has 1 aliphatic heterocycles. The van der Waals surface area contributed by atoms with Crippen LogP contribution in [0.1, 0.15) is 46.7 Å². The van der Waals surface area contributed by atoms with Crippen molar-refractivity contribution < 1.29 is 9.59 Å². The summed E-state index contributed by atoms with van der Waals surface area (Å²) in [6.07, 6.45) is 2.30. The van der Waals surface area contributed by atoms with Gasteiger partial charge in [-0.15, -0.1) is 11.3 Å². The summed E-state index contributed by atoms with van der Waals surface area (Å²) in [7, 11) is 1.58. The molecule has 0 spiro atoms. The van der Waals surface area contributed by atoms with E-state index < -0.39 is 0 Å². The molecule has 2 rings (SSSR count). The van der Waals surface area contributed by atoms with Crippen LogP contribution >= 0.6 is 11.3 Å². The largest absolute Gasteiger partial charge is 0.397 e. The average Bonchev–Trinajstić information content (AvgIpc) is 2.75. The van der Waals surface area contributed by atoms with Crippen molar-refractivity contribution in [3.63, 3.8) is 0 Å². The molecule has 20 heavy (non-hydrogen) atoms. The van der Waals surface area contributed by atoms with Crippen LogP contribution in [0.25, 0.3) is 0 Å². The van der Waals surface area contributed by atoms with E-state index in [2.05, 4.69) is 17.1 Å². The van der Waals surface area contributed by atoms with Crippen LogP contribution in [0.3, 0.4) is 0 Å². The lowest BCUT2D eigenvalue weighted by atomic mass is 10.0. The van der Waals surface area contributed by atoms with Crippen molar-refractivity contribution in [2.75, 3.05) is 30.8 Å². The van der Waals surface area contributed by atoms with Crippen LogP contribution in [0.15, 0.2) is 0 Å². The molecular weight excluding hydrogens is 274 g/mol. The van der Waals surface area contributed by atoms with E-state index >= 15 is 0 Å². The Morgan fingerprint density at radius 3 is 2.70 bits per heavy atom. The Balaban J connectivity index is 2.47. The molecule has 0 aliphatic carbocycles. The number of anilines is 2. The summed E-state index contributed by atoms with van der Waals surface area (Å²) in [5.74, 6) is 0.277. The molecule has 5 nitrogen and oxygen atoms in total. The Kier molecular flexibility index (Phi) is 4.32. The van der Waals surface area contributed by atoms with Crippen LogP contribution in [-0.2, 0) is 0 Å². The third-order valence-electron chi connectivity index (χ3n) is 3.64. The topological polar surface area (TPSA) is 75.4 Å². The van der Waals surface area contributed by atoms with Crippen molar-refractivity contribution in [3.8, 4) is 0 Å². The third-order valence-corrected chi connectivity index (χ3v) is 5.01. The number of carbonyl (C=O) groups excluding carboxylic acids is 2. The second kappa shape index (κ2) is 5.83. The predicted octanol–water partition coefficient (Wildman–Crippen LogP) is 2.13. The number of nitrogens with two attached hydrogens (primary N) is 1. The number of ketones is 1. The Morgan fingerprint density at radius 1 is 1.45 bits per heavy atom. The van der Waals surface area contributed by atoms with Crippen molar-refractivity contribution >= 4 is 33.7 Å². The number of amides is 1. The maximum Gasteiger partial charge on any atom is 0.256 e. The van der Waals surface area contributed by atoms with Gasteiger partial charge in [0.1, 0.15) is 5.00 Å². The predicted molar refractivity (Wildman–Crippen MR) is 82.7 cm³/mol. The van der Waals surface area contributed by atoms with E-state index in [1.165, 1.54) is 24.7 Å². The third kappa shape index (κ3) is 2.65. The molecular formula is C14H21N3O2S. The van der Waals surface area contributed by atoms with E-state index in [9.17, 15) is 9.59 Å². The second-order valence-electron chi connectivity index (χ2n) is 5.35. The van der Waals surface area contributed by atoms with Gasteiger partial charge in [0, 0.05) is 27.1 Å². The van der Waals surface area contributed by atoms with E-state index in [4.69, 9.17) is 5.73 Å². The molecule has 1 atom stereocenters. The van der Waals surface area contributed by atoms with Crippen molar-refractivity contribution in [2.45, 2.75) is 26.7 Å². The number of hydrogen-bond acceptors (Lipinski definition) is 5. The minimum absolute atomic E-state index is 0.0889. The van der Waals surface area contributed by atoms with Crippen LogP contribution in [-0.4, -0.2) is 31.8 Å². The fourth-order valence-corrected chi connectivity index (χ4v) is 3.78.